The van der Waals surface area contributed by atoms with Gasteiger partial charge < -0.3 is 16.0 Å². The molecule has 1 amide bonds. The van der Waals surface area contributed by atoms with Crippen LogP contribution in [0.25, 0.3) is 10.9 Å². The fraction of sp³-hybridized carbons (Fsp3) is 0.308. The Bertz CT molecular complexity index is 569. The van der Waals surface area contributed by atoms with Gasteiger partial charge in [-0.1, -0.05) is 0 Å². The van der Waals surface area contributed by atoms with E-state index in [1.165, 1.54) is 6.42 Å². The van der Waals surface area contributed by atoms with Gasteiger partial charge in [0.1, 0.15) is 0 Å². The van der Waals surface area contributed by atoms with E-state index in [9.17, 15) is 4.79 Å². The first-order valence-electron chi connectivity index (χ1n) is 5.91. The summed E-state index contributed by atoms with van der Waals surface area (Å²) < 4.78 is 0. The van der Waals surface area contributed by atoms with Crippen LogP contribution in [0.1, 0.15) is 29.6 Å². The summed E-state index contributed by atoms with van der Waals surface area (Å²) in [6, 6.07) is 5.91. The number of hydrogen-bond donors (Lipinski definition) is 3. The molecule has 1 aliphatic carbocycles. The first kappa shape index (κ1) is 10.2. The second-order valence-corrected chi connectivity index (χ2v) is 4.61. The Morgan fingerprint density at radius 2 is 2.24 bits per heavy atom. The Hall–Kier alpha value is -1.97. The van der Waals surface area contributed by atoms with E-state index in [0.29, 0.717) is 17.3 Å². The fourth-order valence-electron chi connectivity index (χ4n) is 2.14. The molecule has 88 valence electrons. The van der Waals surface area contributed by atoms with E-state index in [1.807, 2.05) is 18.2 Å². The summed E-state index contributed by atoms with van der Waals surface area (Å²) in [5.74, 6) is -0.00782. The number of aromatic amines is 1. The summed E-state index contributed by atoms with van der Waals surface area (Å²) in [4.78, 5) is 15.2. The smallest absolute Gasteiger partial charge is 0.253 e. The number of aromatic nitrogens is 1. The van der Waals surface area contributed by atoms with Crippen molar-refractivity contribution in [2.24, 2.45) is 0 Å². The molecule has 4 N–H and O–H groups in total. The second kappa shape index (κ2) is 3.80. The molecule has 0 bridgehead atoms. The van der Waals surface area contributed by atoms with Crippen LogP contribution in [0.15, 0.2) is 24.4 Å². The maximum atomic E-state index is 12.1. The van der Waals surface area contributed by atoms with Gasteiger partial charge in [0, 0.05) is 28.8 Å². The van der Waals surface area contributed by atoms with E-state index in [1.54, 1.807) is 6.20 Å². The maximum absolute atomic E-state index is 12.1. The molecule has 0 radical (unpaired) electrons. The van der Waals surface area contributed by atoms with Gasteiger partial charge >= 0.3 is 0 Å². The van der Waals surface area contributed by atoms with Crippen molar-refractivity contribution in [3.05, 3.63) is 30.0 Å². The lowest BCUT2D eigenvalue weighted by Crippen LogP contribution is -2.39. The number of rotatable bonds is 2. The van der Waals surface area contributed by atoms with Gasteiger partial charge in [-0.3, -0.25) is 4.79 Å². The first-order chi connectivity index (χ1) is 8.24. The summed E-state index contributed by atoms with van der Waals surface area (Å²) in [6.45, 7) is 0. The molecule has 0 spiro atoms. The van der Waals surface area contributed by atoms with Crippen molar-refractivity contribution in [1.82, 2.24) is 10.3 Å². The van der Waals surface area contributed by atoms with Crippen LogP contribution in [0.2, 0.25) is 0 Å². The Morgan fingerprint density at radius 1 is 1.41 bits per heavy atom. The van der Waals surface area contributed by atoms with Crippen molar-refractivity contribution in [3.8, 4) is 0 Å². The third-order valence-electron chi connectivity index (χ3n) is 3.39. The molecule has 4 heteroatoms. The molecule has 0 atom stereocenters. The summed E-state index contributed by atoms with van der Waals surface area (Å²) in [5.41, 5.74) is 8.04. The van der Waals surface area contributed by atoms with Gasteiger partial charge in [-0.05, 0) is 37.5 Å². The van der Waals surface area contributed by atoms with Crippen LogP contribution in [0, 0.1) is 0 Å². The number of carbonyl (C=O) groups is 1. The molecule has 0 aliphatic heterocycles. The average Bonchev–Trinajstić information content (AvgIpc) is 2.66. The fourth-order valence-corrected chi connectivity index (χ4v) is 2.14. The molecule has 3 rings (SSSR count). The van der Waals surface area contributed by atoms with E-state index < -0.39 is 0 Å². The molecular formula is C13H15N3O. The number of amides is 1. The van der Waals surface area contributed by atoms with Crippen molar-refractivity contribution in [3.63, 3.8) is 0 Å². The van der Waals surface area contributed by atoms with E-state index in [0.717, 1.165) is 23.7 Å². The molecule has 4 nitrogen and oxygen atoms in total. The molecule has 17 heavy (non-hydrogen) atoms. The van der Waals surface area contributed by atoms with Gasteiger partial charge in [0.05, 0.1) is 5.56 Å². The number of fused-ring (bicyclic) bond motifs is 1. The van der Waals surface area contributed by atoms with Crippen LogP contribution in [-0.2, 0) is 0 Å². The van der Waals surface area contributed by atoms with Crippen LogP contribution in [0.4, 0.5) is 5.69 Å². The minimum atomic E-state index is -0.00782. The minimum absolute atomic E-state index is 0.00782. The number of H-pyrrole nitrogens is 1. The SMILES string of the molecule is Nc1ccc2[nH]cc(C(=O)NC3CCC3)c2c1. The zero-order valence-corrected chi connectivity index (χ0v) is 9.49. The van der Waals surface area contributed by atoms with Gasteiger partial charge in [0.25, 0.3) is 5.91 Å². The van der Waals surface area contributed by atoms with Crippen LogP contribution in [0.3, 0.4) is 0 Å². The second-order valence-electron chi connectivity index (χ2n) is 4.61. The number of nitrogens with one attached hydrogen (secondary N) is 2. The average molecular weight is 229 g/mol. The van der Waals surface area contributed by atoms with Crippen LogP contribution >= 0.6 is 0 Å². The lowest BCUT2D eigenvalue weighted by molar-refractivity contribution is 0.0918. The zero-order valence-electron chi connectivity index (χ0n) is 9.49. The molecule has 1 aromatic heterocycles. The monoisotopic (exact) mass is 229 g/mol. The molecule has 1 fully saturated rings. The molecule has 1 aliphatic rings. The number of hydrogen-bond acceptors (Lipinski definition) is 2. The predicted octanol–water partition coefficient (Wildman–Crippen LogP) is 2.03. The van der Waals surface area contributed by atoms with Gasteiger partial charge in [0.15, 0.2) is 0 Å². The number of nitrogens with two attached hydrogens (primary N) is 1. The normalized spacial score (nSPS) is 15.8. The highest BCUT2D eigenvalue weighted by Crippen LogP contribution is 2.23. The minimum Gasteiger partial charge on any atom is -0.399 e. The van der Waals surface area contributed by atoms with E-state index in [4.69, 9.17) is 5.73 Å². The molecule has 1 aromatic carbocycles. The van der Waals surface area contributed by atoms with Crippen LogP contribution in [-0.4, -0.2) is 16.9 Å². The molecule has 1 heterocycles. The van der Waals surface area contributed by atoms with E-state index in [2.05, 4.69) is 10.3 Å². The molecule has 1 saturated carbocycles. The number of nitrogen functional groups attached to an aromatic ring is 1. The molecule has 0 saturated heterocycles. The first-order valence-corrected chi connectivity index (χ1v) is 5.91. The van der Waals surface area contributed by atoms with Crippen molar-refractivity contribution in [1.29, 1.82) is 0 Å². The van der Waals surface area contributed by atoms with Gasteiger partial charge in [-0.15, -0.1) is 0 Å². The van der Waals surface area contributed by atoms with Crippen LogP contribution < -0.4 is 11.1 Å². The Kier molecular flexibility index (Phi) is 2.28. The highest BCUT2D eigenvalue weighted by molar-refractivity contribution is 6.07. The zero-order chi connectivity index (χ0) is 11.8. The Morgan fingerprint density at radius 3 is 2.94 bits per heavy atom. The maximum Gasteiger partial charge on any atom is 0.253 e. The Balaban J connectivity index is 1.93. The summed E-state index contributed by atoms with van der Waals surface area (Å²) >= 11 is 0. The summed E-state index contributed by atoms with van der Waals surface area (Å²) in [5, 5.41) is 3.92. The number of anilines is 1. The third kappa shape index (κ3) is 1.75. The molecule has 0 unspecified atom stereocenters. The Labute approximate surface area is 99.2 Å². The lowest BCUT2D eigenvalue weighted by Gasteiger charge is -2.26. The largest absolute Gasteiger partial charge is 0.399 e. The summed E-state index contributed by atoms with van der Waals surface area (Å²) in [7, 11) is 0. The van der Waals surface area contributed by atoms with E-state index >= 15 is 0 Å². The third-order valence-corrected chi connectivity index (χ3v) is 3.39. The topological polar surface area (TPSA) is 70.9 Å². The lowest BCUT2D eigenvalue weighted by atomic mass is 9.93. The highest BCUT2D eigenvalue weighted by Gasteiger charge is 2.21. The molecular weight excluding hydrogens is 214 g/mol. The van der Waals surface area contributed by atoms with Gasteiger partial charge in [-0.2, -0.15) is 0 Å². The van der Waals surface area contributed by atoms with Crippen molar-refractivity contribution < 1.29 is 4.79 Å². The van der Waals surface area contributed by atoms with Crippen LogP contribution in [0.5, 0.6) is 0 Å². The number of benzene rings is 1. The number of carbonyl (C=O) groups excluding carboxylic acids is 1. The summed E-state index contributed by atoms with van der Waals surface area (Å²) in [6.07, 6.45) is 5.15. The standard InChI is InChI=1S/C13H15N3O/c14-8-4-5-12-10(6-8)11(7-15-12)13(17)16-9-2-1-3-9/h4-7,9,15H,1-3,14H2,(H,16,17). The quantitative estimate of drug-likeness (QED) is 0.689. The van der Waals surface area contributed by atoms with Crippen molar-refractivity contribution >= 4 is 22.5 Å². The van der Waals surface area contributed by atoms with E-state index in [-0.39, 0.29) is 5.91 Å². The van der Waals surface area contributed by atoms with Crippen molar-refractivity contribution in [2.45, 2.75) is 25.3 Å². The van der Waals surface area contributed by atoms with Crippen molar-refractivity contribution in [2.75, 3.05) is 5.73 Å². The predicted molar refractivity (Wildman–Crippen MR) is 67.8 cm³/mol. The highest BCUT2D eigenvalue weighted by atomic mass is 16.1. The van der Waals surface area contributed by atoms with Gasteiger partial charge in [0.2, 0.25) is 0 Å². The van der Waals surface area contributed by atoms with Gasteiger partial charge in [-0.25, -0.2) is 0 Å². The molecule has 2 aromatic rings.